The van der Waals surface area contributed by atoms with E-state index in [1.165, 1.54) is 22.0 Å². The number of amides is 2. The maximum Gasteiger partial charge on any atom is 0.265 e. The highest BCUT2D eigenvalue weighted by Crippen LogP contribution is 2.35. The quantitative estimate of drug-likeness (QED) is 0.746. The van der Waals surface area contributed by atoms with E-state index in [-0.39, 0.29) is 35.7 Å². The number of carbonyl (C=O) groups is 2. The number of fused-ring (bicyclic) bond motifs is 2. The van der Waals surface area contributed by atoms with Gasteiger partial charge < -0.3 is 15.0 Å². The number of sulfonamides is 1. The molecule has 1 fully saturated rings. The van der Waals surface area contributed by atoms with Crippen molar-refractivity contribution >= 4 is 33.2 Å². The van der Waals surface area contributed by atoms with Crippen LogP contribution < -0.4 is 15.0 Å². The Balaban J connectivity index is 1.28. The van der Waals surface area contributed by atoms with Gasteiger partial charge in [-0.2, -0.15) is 4.31 Å². The SMILES string of the molecule is CC1Oc2ccc(S(=O)(=O)N3CCC(C(=O)N4CCCc5ccccc54)CC3)cc2NC1=O. The largest absolute Gasteiger partial charge is 0.479 e. The van der Waals surface area contributed by atoms with E-state index in [0.29, 0.717) is 30.8 Å². The molecule has 1 N–H and O–H groups in total. The normalized spacial score (nSPS) is 21.5. The maximum absolute atomic E-state index is 13.3. The topological polar surface area (TPSA) is 96.0 Å². The molecular weight excluding hydrogens is 442 g/mol. The van der Waals surface area contributed by atoms with Crippen molar-refractivity contribution < 1.29 is 22.7 Å². The Morgan fingerprint density at radius 1 is 1.09 bits per heavy atom. The molecule has 2 aromatic rings. The Hall–Kier alpha value is -2.91. The zero-order valence-electron chi connectivity index (χ0n) is 18.5. The van der Waals surface area contributed by atoms with Crippen molar-refractivity contribution in [1.82, 2.24) is 4.31 Å². The van der Waals surface area contributed by atoms with E-state index in [4.69, 9.17) is 4.74 Å². The lowest BCUT2D eigenvalue weighted by Crippen LogP contribution is -2.45. The van der Waals surface area contributed by atoms with Crippen LogP contribution in [0.2, 0.25) is 0 Å². The summed E-state index contributed by atoms with van der Waals surface area (Å²) >= 11 is 0. The van der Waals surface area contributed by atoms with Crippen molar-refractivity contribution in [3.05, 3.63) is 48.0 Å². The van der Waals surface area contributed by atoms with Gasteiger partial charge in [0.25, 0.3) is 5.91 Å². The van der Waals surface area contributed by atoms with Crippen molar-refractivity contribution in [1.29, 1.82) is 0 Å². The van der Waals surface area contributed by atoms with Crippen LogP contribution in [0.15, 0.2) is 47.4 Å². The fourth-order valence-electron chi connectivity index (χ4n) is 4.82. The number of anilines is 2. The van der Waals surface area contributed by atoms with E-state index >= 15 is 0 Å². The molecule has 1 unspecified atom stereocenters. The van der Waals surface area contributed by atoms with E-state index in [1.807, 2.05) is 23.1 Å². The summed E-state index contributed by atoms with van der Waals surface area (Å²) in [4.78, 5) is 27.1. The summed E-state index contributed by atoms with van der Waals surface area (Å²) in [5.41, 5.74) is 2.53. The van der Waals surface area contributed by atoms with Gasteiger partial charge in [0.15, 0.2) is 6.10 Å². The first kappa shape index (κ1) is 21.9. The van der Waals surface area contributed by atoms with Crippen LogP contribution in [0.1, 0.15) is 31.7 Å². The third kappa shape index (κ3) is 4.00. The minimum absolute atomic E-state index is 0.0851. The molecule has 0 saturated carbocycles. The number of aryl methyl sites for hydroxylation is 1. The Morgan fingerprint density at radius 3 is 2.64 bits per heavy atom. The zero-order valence-corrected chi connectivity index (χ0v) is 19.3. The standard InChI is InChI=1S/C24H27N3O5S/c1-16-23(28)25-20-15-19(8-9-22(20)32-16)33(30,31)26-13-10-18(11-14-26)24(29)27-12-4-6-17-5-2-3-7-21(17)27/h2-3,5,7-9,15-16,18H,4,6,10-14H2,1H3,(H,25,28). The predicted octanol–water partition coefficient (Wildman–Crippen LogP) is 2.79. The van der Waals surface area contributed by atoms with Crippen molar-refractivity contribution in [2.75, 3.05) is 29.9 Å². The molecule has 0 radical (unpaired) electrons. The van der Waals surface area contributed by atoms with Crippen molar-refractivity contribution in [2.45, 2.75) is 43.6 Å². The first-order valence-corrected chi connectivity index (χ1v) is 12.8. The van der Waals surface area contributed by atoms with Gasteiger partial charge in [-0.1, -0.05) is 18.2 Å². The number of hydrogen-bond acceptors (Lipinski definition) is 5. The Kier molecular flexibility index (Phi) is 5.62. The smallest absolute Gasteiger partial charge is 0.265 e. The van der Waals surface area contributed by atoms with Gasteiger partial charge in [0, 0.05) is 31.2 Å². The van der Waals surface area contributed by atoms with Crippen LogP contribution in [-0.4, -0.2) is 50.3 Å². The number of nitrogens with one attached hydrogen (secondary N) is 1. The number of para-hydroxylation sites is 1. The van der Waals surface area contributed by atoms with Crippen molar-refractivity contribution in [3.8, 4) is 5.75 Å². The van der Waals surface area contributed by atoms with Gasteiger partial charge in [-0.05, 0) is 62.4 Å². The molecule has 5 rings (SSSR count). The number of carbonyl (C=O) groups excluding carboxylic acids is 2. The molecule has 0 aliphatic carbocycles. The van der Waals surface area contributed by atoms with Gasteiger partial charge in [-0.15, -0.1) is 0 Å². The van der Waals surface area contributed by atoms with Gasteiger partial charge in [-0.25, -0.2) is 8.42 Å². The molecule has 1 saturated heterocycles. The van der Waals surface area contributed by atoms with E-state index in [0.717, 1.165) is 18.5 Å². The second-order valence-electron chi connectivity index (χ2n) is 8.81. The zero-order chi connectivity index (χ0) is 23.2. The van der Waals surface area contributed by atoms with Crippen LogP contribution in [0.3, 0.4) is 0 Å². The number of piperidine rings is 1. The Bertz CT molecular complexity index is 1200. The summed E-state index contributed by atoms with van der Waals surface area (Å²) in [6.45, 7) is 2.91. The average molecular weight is 470 g/mol. The summed E-state index contributed by atoms with van der Waals surface area (Å²) in [7, 11) is -3.75. The summed E-state index contributed by atoms with van der Waals surface area (Å²) in [6, 6.07) is 12.5. The van der Waals surface area contributed by atoms with Gasteiger partial charge in [0.1, 0.15) is 5.75 Å². The number of ether oxygens (including phenoxy) is 1. The van der Waals surface area contributed by atoms with Gasteiger partial charge in [0.2, 0.25) is 15.9 Å². The average Bonchev–Trinajstić information content (AvgIpc) is 2.83. The number of nitrogens with zero attached hydrogens (tertiary/aromatic N) is 2. The number of hydrogen-bond donors (Lipinski definition) is 1. The molecule has 0 bridgehead atoms. The van der Waals surface area contributed by atoms with Gasteiger partial charge in [-0.3, -0.25) is 9.59 Å². The minimum atomic E-state index is -3.75. The number of rotatable bonds is 3. The Labute approximate surface area is 193 Å². The fraction of sp³-hybridized carbons (Fsp3) is 0.417. The fourth-order valence-corrected chi connectivity index (χ4v) is 6.32. The maximum atomic E-state index is 13.3. The molecule has 3 aliphatic heterocycles. The van der Waals surface area contributed by atoms with Crippen molar-refractivity contribution in [3.63, 3.8) is 0 Å². The summed E-state index contributed by atoms with van der Waals surface area (Å²) in [5, 5.41) is 2.69. The van der Waals surface area contributed by atoms with E-state index in [2.05, 4.69) is 11.4 Å². The summed E-state index contributed by atoms with van der Waals surface area (Å²) in [6.07, 6.45) is 2.26. The Morgan fingerprint density at radius 2 is 1.85 bits per heavy atom. The molecule has 8 nitrogen and oxygen atoms in total. The van der Waals surface area contributed by atoms with Crippen LogP contribution in [-0.2, 0) is 26.0 Å². The lowest BCUT2D eigenvalue weighted by atomic mass is 9.94. The first-order chi connectivity index (χ1) is 15.8. The van der Waals surface area contributed by atoms with Gasteiger partial charge in [0.05, 0.1) is 10.6 Å². The van der Waals surface area contributed by atoms with Crippen LogP contribution in [0.5, 0.6) is 5.75 Å². The van der Waals surface area contributed by atoms with Gasteiger partial charge >= 0.3 is 0 Å². The molecule has 3 aliphatic rings. The molecule has 2 aromatic carbocycles. The number of benzene rings is 2. The summed E-state index contributed by atoms with van der Waals surface area (Å²) in [5.74, 6) is 0.0325. The lowest BCUT2D eigenvalue weighted by molar-refractivity contribution is -0.124. The highest BCUT2D eigenvalue weighted by Gasteiger charge is 2.36. The monoisotopic (exact) mass is 469 g/mol. The molecule has 0 aromatic heterocycles. The van der Waals surface area contributed by atoms with Crippen molar-refractivity contribution in [2.24, 2.45) is 5.92 Å². The van der Waals surface area contributed by atoms with E-state index in [1.54, 1.807) is 13.0 Å². The third-order valence-corrected chi connectivity index (χ3v) is 8.59. The van der Waals surface area contributed by atoms with E-state index < -0.39 is 16.1 Å². The first-order valence-electron chi connectivity index (χ1n) is 11.4. The molecular formula is C24H27N3O5S. The molecule has 3 heterocycles. The summed E-state index contributed by atoms with van der Waals surface area (Å²) < 4.78 is 33.4. The second-order valence-corrected chi connectivity index (χ2v) is 10.7. The van der Waals surface area contributed by atoms with Crippen LogP contribution in [0.4, 0.5) is 11.4 Å². The molecule has 0 spiro atoms. The van der Waals surface area contributed by atoms with Crippen LogP contribution >= 0.6 is 0 Å². The molecule has 1 atom stereocenters. The molecule has 33 heavy (non-hydrogen) atoms. The van der Waals surface area contributed by atoms with Crippen LogP contribution in [0, 0.1) is 5.92 Å². The lowest BCUT2D eigenvalue weighted by Gasteiger charge is -2.36. The molecule has 174 valence electrons. The predicted molar refractivity (Wildman–Crippen MR) is 124 cm³/mol. The molecule has 9 heteroatoms. The third-order valence-electron chi connectivity index (χ3n) is 6.70. The van der Waals surface area contributed by atoms with E-state index in [9.17, 15) is 18.0 Å². The molecule has 2 amide bonds. The highest BCUT2D eigenvalue weighted by atomic mass is 32.2. The second kappa shape index (κ2) is 8.46. The highest BCUT2D eigenvalue weighted by molar-refractivity contribution is 7.89. The minimum Gasteiger partial charge on any atom is -0.479 e. The van der Waals surface area contributed by atoms with Crippen LogP contribution in [0.25, 0.3) is 0 Å².